The summed E-state index contributed by atoms with van der Waals surface area (Å²) in [4.78, 5) is 4.19. The molecule has 0 atom stereocenters. The number of nitrogen functional groups attached to an aromatic ring is 1. The predicted molar refractivity (Wildman–Crippen MR) is 59.6 cm³/mol. The van der Waals surface area contributed by atoms with Crippen LogP contribution in [0.2, 0.25) is 0 Å². The number of alkyl halides is 1. The average Bonchev–Trinajstić information content (AvgIpc) is 2.21. The molecular weight excluding hydrogens is 200 g/mol. The van der Waals surface area contributed by atoms with Gasteiger partial charge in [0.05, 0.1) is 18.5 Å². The highest BCUT2D eigenvalue weighted by Gasteiger charge is 1.99. The van der Waals surface area contributed by atoms with Gasteiger partial charge in [0.15, 0.2) is 0 Å². The molecule has 14 heavy (non-hydrogen) atoms. The van der Waals surface area contributed by atoms with Gasteiger partial charge >= 0.3 is 0 Å². The molecule has 0 aliphatic heterocycles. The first kappa shape index (κ1) is 10.9. The normalized spacial score (nSPS) is 10.7. The zero-order valence-electron chi connectivity index (χ0n) is 8.03. The number of nitrogens with two attached hydrogens (primary N) is 1. The van der Waals surface area contributed by atoms with E-state index in [1.165, 1.54) is 0 Å². The van der Waals surface area contributed by atoms with Gasteiger partial charge < -0.3 is 10.5 Å². The smallest absolute Gasteiger partial charge is 0.237 e. The zero-order valence-corrected chi connectivity index (χ0v) is 8.79. The molecule has 0 saturated carbocycles. The van der Waals surface area contributed by atoms with Gasteiger partial charge in [-0.1, -0.05) is 6.08 Å². The van der Waals surface area contributed by atoms with E-state index in [0.29, 0.717) is 17.4 Å². The Labute approximate surface area is 88.5 Å². The molecule has 76 valence electrons. The summed E-state index contributed by atoms with van der Waals surface area (Å²) in [5.41, 5.74) is 6.99. The summed E-state index contributed by atoms with van der Waals surface area (Å²) in [6.07, 6.45) is 4.69. The minimum Gasteiger partial charge on any atom is -0.480 e. The molecule has 1 aromatic heterocycles. The third-order valence-electron chi connectivity index (χ3n) is 1.67. The second-order valence-corrected chi connectivity index (χ2v) is 3.09. The molecule has 0 radical (unpaired) electrons. The Bertz CT molecular complexity index is 326. The van der Waals surface area contributed by atoms with Gasteiger partial charge in [-0.25, -0.2) is 4.98 Å². The van der Waals surface area contributed by atoms with Gasteiger partial charge in [0.2, 0.25) is 5.88 Å². The van der Waals surface area contributed by atoms with Crippen LogP contribution in [0.15, 0.2) is 18.2 Å². The van der Waals surface area contributed by atoms with E-state index in [2.05, 4.69) is 4.98 Å². The molecule has 0 saturated heterocycles. The standard InChI is InChI=1S/C10H13ClN2O/c1-14-10-9(12)6-5-8(13-10)4-2-3-7-11/h2,4-6H,3,7,12H2,1H3. The van der Waals surface area contributed by atoms with Gasteiger partial charge in [-0.05, 0) is 24.6 Å². The predicted octanol–water partition coefficient (Wildman–Crippen LogP) is 2.31. The molecule has 4 heteroatoms. The van der Waals surface area contributed by atoms with Gasteiger partial charge in [0, 0.05) is 5.88 Å². The molecule has 0 bridgehead atoms. The quantitative estimate of drug-likeness (QED) is 0.780. The molecule has 0 unspecified atom stereocenters. The maximum Gasteiger partial charge on any atom is 0.237 e. The third kappa shape index (κ3) is 2.92. The number of pyridine rings is 1. The second kappa shape index (κ2) is 5.50. The summed E-state index contributed by atoms with van der Waals surface area (Å²) in [6.45, 7) is 0. The van der Waals surface area contributed by atoms with E-state index in [0.717, 1.165) is 12.1 Å². The number of ether oxygens (including phenoxy) is 1. The molecule has 1 rings (SSSR count). The highest BCUT2D eigenvalue weighted by Crippen LogP contribution is 2.18. The van der Waals surface area contributed by atoms with E-state index >= 15 is 0 Å². The summed E-state index contributed by atoms with van der Waals surface area (Å²) in [6, 6.07) is 3.61. The van der Waals surface area contributed by atoms with Crippen molar-refractivity contribution in [3.8, 4) is 5.88 Å². The number of aromatic nitrogens is 1. The molecule has 2 N–H and O–H groups in total. The molecule has 0 aliphatic carbocycles. The lowest BCUT2D eigenvalue weighted by molar-refractivity contribution is 0.400. The Kier molecular flexibility index (Phi) is 4.26. The van der Waals surface area contributed by atoms with Gasteiger partial charge in [-0.15, -0.1) is 11.6 Å². The number of anilines is 1. The van der Waals surface area contributed by atoms with Gasteiger partial charge in [-0.2, -0.15) is 0 Å². The van der Waals surface area contributed by atoms with Crippen LogP contribution in [0.1, 0.15) is 12.1 Å². The Hall–Kier alpha value is -1.22. The number of hydrogen-bond donors (Lipinski definition) is 1. The van der Waals surface area contributed by atoms with Gasteiger partial charge in [0.25, 0.3) is 0 Å². The number of allylic oxidation sites excluding steroid dienone is 1. The lowest BCUT2D eigenvalue weighted by atomic mass is 10.3. The van der Waals surface area contributed by atoms with E-state index in [-0.39, 0.29) is 0 Å². The first-order chi connectivity index (χ1) is 6.77. The summed E-state index contributed by atoms with van der Waals surface area (Å²) in [7, 11) is 1.55. The van der Waals surface area contributed by atoms with Crippen LogP contribution in [0, 0.1) is 0 Å². The van der Waals surface area contributed by atoms with Crippen molar-refractivity contribution in [2.45, 2.75) is 6.42 Å². The SMILES string of the molecule is COc1nc(C=CCCCl)ccc1N. The lowest BCUT2D eigenvalue weighted by Gasteiger charge is -2.03. The Balaban J connectivity index is 2.79. The number of methoxy groups -OCH3 is 1. The molecule has 0 aliphatic rings. The van der Waals surface area contributed by atoms with Crippen LogP contribution in [-0.2, 0) is 0 Å². The van der Waals surface area contributed by atoms with Crippen molar-refractivity contribution in [2.24, 2.45) is 0 Å². The van der Waals surface area contributed by atoms with Crippen molar-refractivity contribution in [3.63, 3.8) is 0 Å². The van der Waals surface area contributed by atoms with Crippen molar-refractivity contribution < 1.29 is 4.74 Å². The fraction of sp³-hybridized carbons (Fsp3) is 0.300. The van der Waals surface area contributed by atoms with Crippen molar-refractivity contribution in [1.82, 2.24) is 4.98 Å². The van der Waals surface area contributed by atoms with Crippen LogP contribution < -0.4 is 10.5 Å². The average molecular weight is 213 g/mol. The third-order valence-corrected chi connectivity index (χ3v) is 1.89. The molecule has 1 aromatic rings. The van der Waals surface area contributed by atoms with Crippen molar-refractivity contribution in [2.75, 3.05) is 18.7 Å². The summed E-state index contributed by atoms with van der Waals surface area (Å²) >= 11 is 5.54. The van der Waals surface area contributed by atoms with Gasteiger partial charge in [0.1, 0.15) is 0 Å². The molecule has 3 nitrogen and oxygen atoms in total. The first-order valence-electron chi connectivity index (χ1n) is 4.31. The molecular formula is C10H13ClN2O. The van der Waals surface area contributed by atoms with Gasteiger partial charge in [-0.3, -0.25) is 0 Å². The molecule has 0 fully saturated rings. The fourth-order valence-electron chi connectivity index (χ4n) is 0.989. The number of halogens is 1. The van der Waals surface area contributed by atoms with Crippen molar-refractivity contribution in [1.29, 1.82) is 0 Å². The lowest BCUT2D eigenvalue weighted by Crippen LogP contribution is -1.96. The minimum absolute atomic E-state index is 0.457. The number of nitrogens with zero attached hydrogens (tertiary/aromatic N) is 1. The number of rotatable bonds is 4. The first-order valence-corrected chi connectivity index (χ1v) is 4.84. The fourth-order valence-corrected chi connectivity index (χ4v) is 1.11. The highest BCUT2D eigenvalue weighted by molar-refractivity contribution is 6.17. The van der Waals surface area contributed by atoms with Crippen molar-refractivity contribution in [3.05, 3.63) is 23.9 Å². The van der Waals surface area contributed by atoms with E-state index in [1.54, 1.807) is 13.2 Å². The Morgan fingerprint density at radius 2 is 2.36 bits per heavy atom. The molecule has 1 heterocycles. The maximum absolute atomic E-state index is 5.62. The summed E-state index contributed by atoms with van der Waals surface area (Å²) in [5, 5.41) is 0. The van der Waals surface area contributed by atoms with Crippen LogP contribution in [0.25, 0.3) is 6.08 Å². The topological polar surface area (TPSA) is 48.1 Å². The van der Waals surface area contributed by atoms with E-state index in [9.17, 15) is 0 Å². The van der Waals surface area contributed by atoms with E-state index in [4.69, 9.17) is 22.1 Å². The van der Waals surface area contributed by atoms with Crippen LogP contribution in [0.5, 0.6) is 5.88 Å². The van der Waals surface area contributed by atoms with Crippen LogP contribution in [-0.4, -0.2) is 18.0 Å². The van der Waals surface area contributed by atoms with Crippen LogP contribution in [0.3, 0.4) is 0 Å². The monoisotopic (exact) mass is 212 g/mol. The summed E-state index contributed by atoms with van der Waals surface area (Å²) < 4.78 is 5.00. The second-order valence-electron chi connectivity index (χ2n) is 2.71. The zero-order chi connectivity index (χ0) is 10.4. The molecule has 0 spiro atoms. The number of hydrogen-bond acceptors (Lipinski definition) is 3. The largest absolute Gasteiger partial charge is 0.480 e. The van der Waals surface area contributed by atoms with Crippen molar-refractivity contribution >= 4 is 23.4 Å². The maximum atomic E-state index is 5.62. The van der Waals surface area contributed by atoms with Crippen LogP contribution in [0.4, 0.5) is 5.69 Å². The Morgan fingerprint density at radius 3 is 3.00 bits per heavy atom. The minimum atomic E-state index is 0.457. The molecule has 0 aromatic carbocycles. The molecule has 0 amide bonds. The Morgan fingerprint density at radius 1 is 1.57 bits per heavy atom. The highest BCUT2D eigenvalue weighted by atomic mass is 35.5. The van der Waals surface area contributed by atoms with E-state index < -0.39 is 0 Å². The van der Waals surface area contributed by atoms with Crippen LogP contribution >= 0.6 is 11.6 Å². The van der Waals surface area contributed by atoms with E-state index in [1.807, 2.05) is 18.2 Å². The summed E-state index contributed by atoms with van der Waals surface area (Å²) in [5.74, 6) is 1.07.